The van der Waals surface area contributed by atoms with Crippen LogP contribution in [0.1, 0.15) is 65.2 Å². The molecule has 0 spiro atoms. The van der Waals surface area contributed by atoms with Crippen LogP contribution in [0.2, 0.25) is 0 Å². The minimum Gasteiger partial charge on any atom is -0.353 e. The van der Waals surface area contributed by atoms with Crippen LogP contribution in [-0.2, 0) is 4.79 Å². The van der Waals surface area contributed by atoms with E-state index in [1.54, 1.807) is 0 Å². The smallest absolute Gasteiger partial charge is 0.220 e. The quantitative estimate of drug-likeness (QED) is 0.815. The van der Waals surface area contributed by atoms with E-state index >= 15 is 0 Å². The van der Waals surface area contributed by atoms with Gasteiger partial charge in [0.25, 0.3) is 0 Å². The first-order valence-electron chi connectivity index (χ1n) is 8.65. The van der Waals surface area contributed by atoms with Gasteiger partial charge in [-0.15, -0.1) is 12.4 Å². The van der Waals surface area contributed by atoms with Crippen LogP contribution in [0.5, 0.6) is 0 Å². The van der Waals surface area contributed by atoms with Gasteiger partial charge >= 0.3 is 0 Å². The largest absolute Gasteiger partial charge is 0.353 e. The Balaban J connectivity index is 0.00000220. The molecule has 0 bridgehead atoms. The molecule has 1 saturated carbocycles. The van der Waals surface area contributed by atoms with Gasteiger partial charge in [0.2, 0.25) is 5.91 Å². The summed E-state index contributed by atoms with van der Waals surface area (Å²) in [5.74, 6) is 2.72. The van der Waals surface area contributed by atoms with E-state index in [0.29, 0.717) is 6.04 Å². The van der Waals surface area contributed by atoms with Gasteiger partial charge in [-0.1, -0.05) is 13.8 Å². The Morgan fingerprint density at radius 2 is 1.71 bits per heavy atom. The van der Waals surface area contributed by atoms with Crippen molar-refractivity contribution in [3.63, 3.8) is 0 Å². The molecule has 3 nitrogen and oxygen atoms in total. The van der Waals surface area contributed by atoms with Crippen LogP contribution in [0.15, 0.2) is 0 Å². The number of piperidine rings is 1. The molecule has 0 unspecified atom stereocenters. The van der Waals surface area contributed by atoms with Crippen molar-refractivity contribution >= 4 is 18.3 Å². The van der Waals surface area contributed by atoms with Crippen LogP contribution in [0.25, 0.3) is 0 Å². The Hall–Kier alpha value is -0.280. The molecule has 1 amide bonds. The van der Waals surface area contributed by atoms with Crippen molar-refractivity contribution in [3.8, 4) is 0 Å². The Morgan fingerprint density at radius 3 is 2.29 bits per heavy atom. The summed E-state index contributed by atoms with van der Waals surface area (Å²) in [5, 5.41) is 6.64. The molecule has 0 aromatic heterocycles. The van der Waals surface area contributed by atoms with Gasteiger partial charge in [-0.3, -0.25) is 4.79 Å². The zero-order valence-electron chi connectivity index (χ0n) is 13.7. The highest BCUT2D eigenvalue weighted by molar-refractivity contribution is 5.85. The Bertz CT molecular complexity index is 295. The maximum atomic E-state index is 12.0. The minimum absolute atomic E-state index is 0. The van der Waals surface area contributed by atoms with Crippen LogP contribution in [0.4, 0.5) is 0 Å². The molecule has 1 aliphatic carbocycles. The summed E-state index contributed by atoms with van der Waals surface area (Å²) in [6, 6.07) is 0.450. The maximum Gasteiger partial charge on any atom is 0.220 e. The van der Waals surface area contributed by atoms with E-state index in [2.05, 4.69) is 24.5 Å². The fourth-order valence-corrected chi connectivity index (χ4v) is 3.74. The zero-order chi connectivity index (χ0) is 14.4. The first kappa shape index (κ1) is 18.8. The first-order valence-corrected chi connectivity index (χ1v) is 8.65. The lowest BCUT2D eigenvalue weighted by molar-refractivity contribution is -0.122. The summed E-state index contributed by atoms with van der Waals surface area (Å²) < 4.78 is 0. The minimum atomic E-state index is 0. The topological polar surface area (TPSA) is 41.1 Å². The van der Waals surface area contributed by atoms with Gasteiger partial charge in [0.05, 0.1) is 0 Å². The molecule has 1 aliphatic heterocycles. The lowest BCUT2D eigenvalue weighted by Gasteiger charge is -2.31. The number of rotatable bonds is 5. The van der Waals surface area contributed by atoms with Crippen LogP contribution in [-0.4, -0.2) is 25.0 Å². The summed E-state index contributed by atoms with van der Waals surface area (Å²) in [6.45, 7) is 6.90. The fourth-order valence-electron chi connectivity index (χ4n) is 3.74. The highest BCUT2D eigenvalue weighted by Crippen LogP contribution is 2.30. The molecule has 0 radical (unpaired) electrons. The fraction of sp³-hybridized carbons (Fsp3) is 0.941. The van der Waals surface area contributed by atoms with E-state index < -0.39 is 0 Å². The molecule has 4 heteroatoms. The van der Waals surface area contributed by atoms with E-state index in [0.717, 1.165) is 43.7 Å². The summed E-state index contributed by atoms with van der Waals surface area (Å²) in [4.78, 5) is 12.0. The number of halogens is 1. The van der Waals surface area contributed by atoms with E-state index in [1.807, 2.05) is 0 Å². The standard InChI is InChI=1S/C17H32N2O.ClH/c1-13(2)15-4-6-16(7-5-15)19-17(20)8-3-14-9-11-18-12-10-14;/h13-16,18H,3-12H2,1-2H3,(H,19,20);1H. The van der Waals surface area contributed by atoms with Crippen molar-refractivity contribution in [2.45, 2.75) is 71.3 Å². The highest BCUT2D eigenvalue weighted by atomic mass is 35.5. The number of hydrogen-bond donors (Lipinski definition) is 2. The first-order chi connectivity index (χ1) is 9.65. The number of carbonyl (C=O) groups excluding carboxylic acids is 1. The molecular weight excluding hydrogens is 284 g/mol. The molecule has 0 atom stereocenters. The van der Waals surface area contributed by atoms with Gasteiger partial charge < -0.3 is 10.6 Å². The molecule has 0 aromatic rings. The number of carbonyl (C=O) groups is 1. The molecule has 1 saturated heterocycles. The second-order valence-electron chi connectivity index (χ2n) is 7.16. The second kappa shape index (κ2) is 9.68. The van der Waals surface area contributed by atoms with Crippen LogP contribution in [0.3, 0.4) is 0 Å². The van der Waals surface area contributed by atoms with Crippen molar-refractivity contribution in [2.24, 2.45) is 17.8 Å². The van der Waals surface area contributed by atoms with Crippen molar-refractivity contribution in [2.75, 3.05) is 13.1 Å². The molecule has 2 aliphatic rings. The lowest BCUT2D eigenvalue weighted by atomic mass is 9.79. The summed E-state index contributed by atoms with van der Waals surface area (Å²) >= 11 is 0. The van der Waals surface area contributed by atoms with Crippen molar-refractivity contribution < 1.29 is 4.79 Å². The van der Waals surface area contributed by atoms with Gasteiger partial charge in [-0.25, -0.2) is 0 Å². The van der Waals surface area contributed by atoms with Gasteiger partial charge in [-0.2, -0.15) is 0 Å². The Morgan fingerprint density at radius 1 is 1.10 bits per heavy atom. The SMILES string of the molecule is CC(C)C1CCC(NC(=O)CCC2CCNCC2)CC1.Cl. The average Bonchev–Trinajstić information content (AvgIpc) is 2.47. The number of nitrogens with one attached hydrogen (secondary N) is 2. The molecular formula is C17H33ClN2O. The van der Waals surface area contributed by atoms with Gasteiger partial charge in [0, 0.05) is 12.5 Å². The maximum absolute atomic E-state index is 12.0. The molecule has 2 rings (SSSR count). The summed E-state index contributed by atoms with van der Waals surface area (Å²) in [5.41, 5.74) is 0. The molecule has 124 valence electrons. The van der Waals surface area contributed by atoms with Crippen LogP contribution in [0, 0.1) is 17.8 Å². The van der Waals surface area contributed by atoms with Gasteiger partial charge in [0.15, 0.2) is 0 Å². The average molecular weight is 317 g/mol. The number of hydrogen-bond acceptors (Lipinski definition) is 2. The number of amides is 1. The van der Waals surface area contributed by atoms with Crippen molar-refractivity contribution in [3.05, 3.63) is 0 Å². The predicted octanol–water partition coefficient (Wildman–Crippen LogP) is 3.52. The van der Waals surface area contributed by atoms with Gasteiger partial charge in [-0.05, 0) is 75.8 Å². The molecule has 2 N–H and O–H groups in total. The van der Waals surface area contributed by atoms with Crippen molar-refractivity contribution in [1.82, 2.24) is 10.6 Å². The third-order valence-electron chi connectivity index (χ3n) is 5.32. The lowest BCUT2D eigenvalue weighted by Crippen LogP contribution is -2.38. The second-order valence-corrected chi connectivity index (χ2v) is 7.16. The summed E-state index contributed by atoms with van der Waals surface area (Å²) in [7, 11) is 0. The zero-order valence-corrected chi connectivity index (χ0v) is 14.5. The molecule has 1 heterocycles. The normalized spacial score (nSPS) is 27.2. The summed E-state index contributed by atoms with van der Waals surface area (Å²) in [6.07, 6.45) is 9.24. The predicted molar refractivity (Wildman–Crippen MR) is 90.8 cm³/mol. The molecule has 0 aromatic carbocycles. The highest BCUT2D eigenvalue weighted by Gasteiger charge is 2.24. The van der Waals surface area contributed by atoms with E-state index in [4.69, 9.17) is 0 Å². The third-order valence-corrected chi connectivity index (χ3v) is 5.32. The van der Waals surface area contributed by atoms with E-state index in [1.165, 1.54) is 38.5 Å². The van der Waals surface area contributed by atoms with Crippen molar-refractivity contribution in [1.29, 1.82) is 0 Å². The van der Waals surface area contributed by atoms with Crippen LogP contribution >= 0.6 is 12.4 Å². The molecule has 21 heavy (non-hydrogen) atoms. The van der Waals surface area contributed by atoms with E-state index in [-0.39, 0.29) is 18.3 Å². The third kappa shape index (κ3) is 6.56. The monoisotopic (exact) mass is 316 g/mol. The molecule has 2 fully saturated rings. The van der Waals surface area contributed by atoms with Crippen LogP contribution < -0.4 is 10.6 Å². The Kier molecular flexibility index (Phi) is 8.65. The van der Waals surface area contributed by atoms with Gasteiger partial charge in [0.1, 0.15) is 0 Å². The van der Waals surface area contributed by atoms with E-state index in [9.17, 15) is 4.79 Å². The Labute approximate surface area is 136 Å².